The summed E-state index contributed by atoms with van der Waals surface area (Å²) in [6, 6.07) is 0. The van der Waals surface area contributed by atoms with Gasteiger partial charge in [-0.1, -0.05) is 81.7 Å². The zero-order valence-electron chi connectivity index (χ0n) is 17.1. The highest BCUT2D eigenvalue weighted by molar-refractivity contribution is 5.69. The Bertz CT molecular complexity index is 416. The molecule has 148 valence electrons. The Morgan fingerprint density at radius 2 is 1.15 bits per heavy atom. The zero-order chi connectivity index (χ0) is 19.1. The van der Waals surface area contributed by atoms with Gasteiger partial charge in [0.2, 0.25) is 0 Å². The molecule has 2 nitrogen and oxygen atoms in total. The van der Waals surface area contributed by atoms with Crippen molar-refractivity contribution >= 4 is 5.97 Å². The van der Waals surface area contributed by atoms with Crippen LogP contribution in [0, 0.1) is 0 Å². The van der Waals surface area contributed by atoms with E-state index >= 15 is 0 Å². The number of hydrogen-bond acceptors (Lipinski definition) is 2. The van der Waals surface area contributed by atoms with Crippen LogP contribution in [0.5, 0.6) is 0 Å². The van der Waals surface area contributed by atoms with E-state index in [1.54, 1.807) is 0 Å². The molecule has 0 aliphatic heterocycles. The third kappa shape index (κ3) is 20.5. The summed E-state index contributed by atoms with van der Waals surface area (Å²) in [6.07, 6.45) is 30.3. The van der Waals surface area contributed by atoms with Gasteiger partial charge in [0.15, 0.2) is 0 Å². The summed E-state index contributed by atoms with van der Waals surface area (Å²) < 4.78 is 5.13. The summed E-state index contributed by atoms with van der Waals surface area (Å²) in [4.78, 5) is 11.4. The molecule has 0 aromatic carbocycles. The Hall–Kier alpha value is -1.57. The lowest BCUT2D eigenvalue weighted by atomic mass is 10.2. The van der Waals surface area contributed by atoms with E-state index in [1.165, 1.54) is 25.7 Å². The fraction of sp³-hybridized carbons (Fsp3) is 0.625. The van der Waals surface area contributed by atoms with Gasteiger partial charge in [0, 0.05) is 6.42 Å². The second-order valence-corrected chi connectivity index (χ2v) is 6.55. The number of unbranched alkanes of at least 4 members (excludes halogenated alkanes) is 5. The van der Waals surface area contributed by atoms with E-state index in [9.17, 15) is 4.79 Å². The van der Waals surface area contributed by atoms with Crippen molar-refractivity contribution in [2.24, 2.45) is 0 Å². The van der Waals surface area contributed by atoms with Crippen LogP contribution in [0.3, 0.4) is 0 Å². The second-order valence-electron chi connectivity index (χ2n) is 6.55. The van der Waals surface area contributed by atoms with Crippen LogP contribution in [0.1, 0.15) is 90.9 Å². The third-order valence-electron chi connectivity index (χ3n) is 3.97. The molecule has 0 heterocycles. The molecule has 0 unspecified atom stereocenters. The Balaban J connectivity index is 3.44. The van der Waals surface area contributed by atoms with E-state index in [0.717, 1.165) is 44.9 Å². The predicted octanol–water partition coefficient (Wildman–Crippen LogP) is 7.48. The van der Waals surface area contributed by atoms with Gasteiger partial charge in [-0.25, -0.2) is 0 Å². The van der Waals surface area contributed by atoms with Crippen LogP contribution in [-0.4, -0.2) is 12.6 Å². The highest BCUT2D eigenvalue weighted by Crippen LogP contribution is 2.02. The van der Waals surface area contributed by atoms with Crippen LogP contribution < -0.4 is 0 Å². The summed E-state index contributed by atoms with van der Waals surface area (Å²) >= 11 is 0. The number of allylic oxidation sites excluding steroid dienone is 8. The molecule has 0 amide bonds. The Kier molecular flexibility index (Phi) is 20.2. The quantitative estimate of drug-likeness (QED) is 0.153. The number of rotatable bonds is 17. The monoisotopic (exact) mass is 360 g/mol. The Labute approximate surface area is 162 Å². The minimum absolute atomic E-state index is 0.0608. The molecular weight excluding hydrogens is 320 g/mol. The van der Waals surface area contributed by atoms with Gasteiger partial charge in [-0.3, -0.25) is 4.79 Å². The van der Waals surface area contributed by atoms with Crippen LogP contribution in [0.15, 0.2) is 48.6 Å². The second kappa shape index (κ2) is 21.5. The average molecular weight is 361 g/mol. The number of carbonyl (C=O) groups is 1. The van der Waals surface area contributed by atoms with Gasteiger partial charge in [0.1, 0.15) is 0 Å². The normalized spacial score (nSPS) is 12.2. The van der Waals surface area contributed by atoms with Crippen LogP contribution in [0.25, 0.3) is 0 Å². The molecule has 2 heteroatoms. The zero-order valence-corrected chi connectivity index (χ0v) is 17.1. The standard InChI is InChI=1S/C24H40O2/c1-3-5-7-8-9-10-11-12-13-14-15-16-17-18-19-20-21-22-24(25)26-23-6-4-2/h9-10,12-13,15-16,18-19H,3-8,11,14,17,20-23H2,1-2H3. The number of hydrogen-bond donors (Lipinski definition) is 0. The molecule has 26 heavy (non-hydrogen) atoms. The Morgan fingerprint density at radius 3 is 1.69 bits per heavy atom. The summed E-state index contributed by atoms with van der Waals surface area (Å²) in [5.41, 5.74) is 0. The van der Waals surface area contributed by atoms with Crippen LogP contribution in [-0.2, 0) is 9.53 Å². The van der Waals surface area contributed by atoms with E-state index in [-0.39, 0.29) is 5.97 Å². The fourth-order valence-electron chi connectivity index (χ4n) is 2.33. The predicted molar refractivity (Wildman–Crippen MR) is 114 cm³/mol. The van der Waals surface area contributed by atoms with Gasteiger partial charge in [0.05, 0.1) is 6.61 Å². The topological polar surface area (TPSA) is 26.3 Å². The van der Waals surface area contributed by atoms with Crippen molar-refractivity contribution in [3.63, 3.8) is 0 Å². The first-order valence-electron chi connectivity index (χ1n) is 10.6. The van der Waals surface area contributed by atoms with E-state index in [2.05, 4.69) is 62.5 Å². The first-order chi connectivity index (χ1) is 12.8. The fourth-order valence-corrected chi connectivity index (χ4v) is 2.33. The lowest BCUT2D eigenvalue weighted by molar-refractivity contribution is -0.143. The molecule has 0 radical (unpaired) electrons. The molecule has 0 saturated heterocycles. The minimum atomic E-state index is -0.0608. The summed E-state index contributed by atoms with van der Waals surface area (Å²) in [5, 5.41) is 0. The average Bonchev–Trinajstić information content (AvgIpc) is 2.64. The van der Waals surface area contributed by atoms with E-state index < -0.39 is 0 Å². The van der Waals surface area contributed by atoms with Crippen molar-refractivity contribution in [1.82, 2.24) is 0 Å². The van der Waals surface area contributed by atoms with Crippen molar-refractivity contribution in [1.29, 1.82) is 0 Å². The first-order valence-corrected chi connectivity index (χ1v) is 10.6. The molecule has 0 bridgehead atoms. The van der Waals surface area contributed by atoms with Gasteiger partial charge in [-0.15, -0.1) is 0 Å². The molecule has 0 fully saturated rings. The maximum Gasteiger partial charge on any atom is 0.305 e. The molecule has 0 saturated carbocycles. The molecule has 0 aliphatic rings. The number of carbonyl (C=O) groups excluding carboxylic acids is 1. The first kappa shape index (κ1) is 24.4. The van der Waals surface area contributed by atoms with Crippen molar-refractivity contribution in [3.8, 4) is 0 Å². The van der Waals surface area contributed by atoms with Crippen LogP contribution >= 0.6 is 0 Å². The van der Waals surface area contributed by atoms with Gasteiger partial charge in [-0.05, 0) is 51.4 Å². The lowest BCUT2D eigenvalue weighted by Crippen LogP contribution is -2.04. The summed E-state index contributed by atoms with van der Waals surface area (Å²) in [7, 11) is 0. The highest BCUT2D eigenvalue weighted by Gasteiger charge is 2.00. The molecule has 0 aliphatic carbocycles. The van der Waals surface area contributed by atoms with Crippen molar-refractivity contribution in [2.45, 2.75) is 90.9 Å². The molecule has 0 rings (SSSR count). The van der Waals surface area contributed by atoms with Gasteiger partial charge in [-0.2, -0.15) is 0 Å². The Morgan fingerprint density at radius 1 is 0.654 bits per heavy atom. The highest BCUT2D eigenvalue weighted by atomic mass is 16.5. The molecule has 0 aromatic heterocycles. The molecule has 0 aromatic rings. The van der Waals surface area contributed by atoms with E-state index in [4.69, 9.17) is 4.74 Å². The van der Waals surface area contributed by atoms with Crippen LogP contribution in [0.4, 0.5) is 0 Å². The van der Waals surface area contributed by atoms with Gasteiger partial charge < -0.3 is 4.74 Å². The van der Waals surface area contributed by atoms with Crippen molar-refractivity contribution in [2.75, 3.05) is 6.61 Å². The summed E-state index contributed by atoms with van der Waals surface area (Å²) in [5.74, 6) is -0.0608. The maximum atomic E-state index is 11.4. The van der Waals surface area contributed by atoms with E-state index in [1.807, 2.05) is 0 Å². The maximum absolute atomic E-state index is 11.4. The molecule has 0 spiro atoms. The van der Waals surface area contributed by atoms with Crippen molar-refractivity contribution < 1.29 is 9.53 Å². The van der Waals surface area contributed by atoms with Gasteiger partial charge >= 0.3 is 5.97 Å². The minimum Gasteiger partial charge on any atom is -0.466 e. The largest absolute Gasteiger partial charge is 0.466 e. The number of ether oxygens (including phenoxy) is 1. The van der Waals surface area contributed by atoms with E-state index in [0.29, 0.717) is 13.0 Å². The lowest BCUT2D eigenvalue weighted by Gasteiger charge is -2.02. The molecule has 0 atom stereocenters. The molecular formula is C24H40O2. The smallest absolute Gasteiger partial charge is 0.305 e. The van der Waals surface area contributed by atoms with Crippen molar-refractivity contribution in [3.05, 3.63) is 48.6 Å². The molecule has 0 N–H and O–H groups in total. The summed E-state index contributed by atoms with van der Waals surface area (Å²) in [6.45, 7) is 4.90. The van der Waals surface area contributed by atoms with Crippen LogP contribution in [0.2, 0.25) is 0 Å². The van der Waals surface area contributed by atoms with Gasteiger partial charge in [0.25, 0.3) is 0 Å². The third-order valence-corrected chi connectivity index (χ3v) is 3.97. The SMILES string of the molecule is CCCCCC=CCC=CCC=CCC=CCCCC(=O)OCCCC. The number of esters is 1.